The molecule has 2 N–H and O–H groups in total. The van der Waals surface area contributed by atoms with Crippen molar-refractivity contribution in [1.29, 1.82) is 0 Å². The topological polar surface area (TPSA) is 58.2 Å². The third-order valence-corrected chi connectivity index (χ3v) is 0.910. The first kappa shape index (κ1) is 9.68. The zero-order chi connectivity index (χ0) is 8.85. The number of hydrogen-bond donors (Lipinski definition) is 2. The van der Waals surface area contributed by atoms with Gasteiger partial charge in [-0.05, 0) is 13.0 Å². The van der Waals surface area contributed by atoms with E-state index in [1.54, 1.807) is 13.0 Å². The Morgan fingerprint density at radius 2 is 1.45 bits per heavy atom. The quantitative estimate of drug-likeness (QED) is 0.596. The van der Waals surface area contributed by atoms with Crippen LogP contribution < -0.4 is 10.6 Å². The molecular formula is C7H12N2O2. The molecule has 0 fully saturated rings. The van der Waals surface area contributed by atoms with Gasteiger partial charge in [-0.2, -0.15) is 0 Å². The lowest BCUT2D eigenvalue weighted by molar-refractivity contribution is -0.119. The molecule has 0 bridgehead atoms. The molecule has 2 amide bonds. The molecule has 0 atom stereocenters. The van der Waals surface area contributed by atoms with E-state index in [0.29, 0.717) is 5.82 Å². The summed E-state index contributed by atoms with van der Waals surface area (Å²) in [6, 6.07) is 0. The summed E-state index contributed by atoms with van der Waals surface area (Å²) in [4.78, 5) is 21.0. The number of amides is 2. The van der Waals surface area contributed by atoms with Gasteiger partial charge in [0.1, 0.15) is 5.82 Å². The lowest BCUT2D eigenvalue weighted by atomic mass is 10.5. The molecule has 62 valence electrons. The van der Waals surface area contributed by atoms with Gasteiger partial charge in [-0.3, -0.25) is 9.59 Å². The lowest BCUT2D eigenvalue weighted by Gasteiger charge is -2.06. The highest BCUT2D eigenvalue weighted by atomic mass is 16.2. The lowest BCUT2D eigenvalue weighted by Crippen LogP contribution is -2.32. The van der Waals surface area contributed by atoms with Crippen molar-refractivity contribution in [1.82, 2.24) is 10.6 Å². The number of allylic oxidation sites excluding steroid dienone is 1. The van der Waals surface area contributed by atoms with Crippen molar-refractivity contribution in [2.24, 2.45) is 0 Å². The normalized spacial score (nSPS) is 8.27. The van der Waals surface area contributed by atoms with Crippen LogP contribution in [-0.4, -0.2) is 11.8 Å². The molecule has 0 saturated heterocycles. The van der Waals surface area contributed by atoms with Gasteiger partial charge in [-0.15, -0.1) is 0 Å². The highest BCUT2D eigenvalue weighted by Gasteiger charge is 1.98. The monoisotopic (exact) mass is 156 g/mol. The minimum absolute atomic E-state index is 0.202. The third kappa shape index (κ3) is 5.14. The molecule has 4 nitrogen and oxygen atoms in total. The maximum absolute atomic E-state index is 10.5. The van der Waals surface area contributed by atoms with E-state index in [4.69, 9.17) is 0 Å². The summed E-state index contributed by atoms with van der Waals surface area (Å²) in [5, 5.41) is 4.90. The summed E-state index contributed by atoms with van der Waals surface area (Å²) < 4.78 is 0. The maximum atomic E-state index is 10.5. The van der Waals surface area contributed by atoms with Gasteiger partial charge in [0.05, 0.1) is 0 Å². The second-order valence-electron chi connectivity index (χ2n) is 2.06. The summed E-state index contributed by atoms with van der Waals surface area (Å²) >= 11 is 0. The van der Waals surface area contributed by atoms with Gasteiger partial charge >= 0.3 is 0 Å². The molecular weight excluding hydrogens is 144 g/mol. The Hall–Kier alpha value is -1.32. The van der Waals surface area contributed by atoms with Crippen LogP contribution in [0.5, 0.6) is 0 Å². The van der Waals surface area contributed by atoms with E-state index >= 15 is 0 Å². The van der Waals surface area contributed by atoms with E-state index in [1.807, 2.05) is 0 Å². The predicted octanol–water partition coefficient (Wildman–Crippen LogP) is 0.120. The molecule has 0 heterocycles. The van der Waals surface area contributed by atoms with Gasteiger partial charge in [0.25, 0.3) is 0 Å². The van der Waals surface area contributed by atoms with Crippen LogP contribution in [0.25, 0.3) is 0 Å². The van der Waals surface area contributed by atoms with Gasteiger partial charge in [-0.25, -0.2) is 0 Å². The van der Waals surface area contributed by atoms with Crippen LogP contribution in [-0.2, 0) is 9.59 Å². The van der Waals surface area contributed by atoms with E-state index in [9.17, 15) is 9.59 Å². The largest absolute Gasteiger partial charge is 0.313 e. The number of carbonyl (C=O) groups is 2. The van der Waals surface area contributed by atoms with E-state index in [-0.39, 0.29) is 11.8 Å². The Labute approximate surface area is 65.7 Å². The van der Waals surface area contributed by atoms with Crippen LogP contribution in [0.15, 0.2) is 11.9 Å². The van der Waals surface area contributed by atoms with Crippen LogP contribution in [0.1, 0.15) is 20.8 Å². The maximum Gasteiger partial charge on any atom is 0.222 e. The summed E-state index contributed by atoms with van der Waals surface area (Å²) in [6.07, 6.45) is 1.61. The smallest absolute Gasteiger partial charge is 0.222 e. The highest BCUT2D eigenvalue weighted by molar-refractivity contribution is 5.79. The molecule has 4 heteroatoms. The fourth-order valence-electron chi connectivity index (χ4n) is 0.555. The van der Waals surface area contributed by atoms with E-state index in [1.165, 1.54) is 13.8 Å². The molecule has 0 radical (unpaired) electrons. The second kappa shape index (κ2) is 4.49. The zero-order valence-corrected chi connectivity index (χ0v) is 6.89. The average molecular weight is 156 g/mol. The number of rotatable bonds is 2. The molecule has 0 spiro atoms. The second-order valence-corrected chi connectivity index (χ2v) is 2.06. The molecule has 0 unspecified atom stereocenters. The van der Waals surface area contributed by atoms with Crippen molar-refractivity contribution in [3.05, 3.63) is 11.9 Å². The number of nitrogens with one attached hydrogen (secondary N) is 2. The van der Waals surface area contributed by atoms with Crippen LogP contribution in [0.4, 0.5) is 0 Å². The van der Waals surface area contributed by atoms with Crippen molar-refractivity contribution in [2.45, 2.75) is 20.8 Å². The summed E-state index contributed by atoms with van der Waals surface area (Å²) in [5.41, 5.74) is 0. The average Bonchev–Trinajstić information content (AvgIpc) is 1.84. The Morgan fingerprint density at radius 1 is 1.09 bits per heavy atom. The molecule has 0 aromatic carbocycles. The first-order valence-corrected chi connectivity index (χ1v) is 3.27. The molecule has 0 aliphatic carbocycles. The van der Waals surface area contributed by atoms with E-state index < -0.39 is 0 Å². The van der Waals surface area contributed by atoms with Crippen molar-refractivity contribution in [3.8, 4) is 0 Å². The fraction of sp³-hybridized carbons (Fsp3) is 0.429. The molecule has 11 heavy (non-hydrogen) atoms. The Bertz CT molecular complexity index is 179. The van der Waals surface area contributed by atoms with Crippen LogP contribution in [0.3, 0.4) is 0 Å². The van der Waals surface area contributed by atoms with Crippen LogP contribution in [0.2, 0.25) is 0 Å². The Balaban J connectivity index is 3.99. The van der Waals surface area contributed by atoms with E-state index in [0.717, 1.165) is 0 Å². The minimum Gasteiger partial charge on any atom is -0.313 e. The standard InChI is InChI=1S/C7H12N2O2/c1-4-7(8-5(2)10)9-6(3)11/h4H,1-3H3,(H,8,10)(H,9,11). The molecule has 0 rings (SSSR count). The van der Waals surface area contributed by atoms with Crippen molar-refractivity contribution >= 4 is 11.8 Å². The molecule has 0 aliphatic rings. The number of hydrogen-bond acceptors (Lipinski definition) is 2. The summed E-state index contributed by atoms with van der Waals surface area (Å²) in [6.45, 7) is 4.48. The highest BCUT2D eigenvalue weighted by Crippen LogP contribution is 1.81. The van der Waals surface area contributed by atoms with Gasteiger partial charge in [0.2, 0.25) is 11.8 Å². The molecule has 0 aromatic rings. The predicted molar refractivity (Wildman–Crippen MR) is 41.4 cm³/mol. The van der Waals surface area contributed by atoms with Gasteiger partial charge in [0, 0.05) is 13.8 Å². The first-order chi connectivity index (χ1) is 5.06. The molecule has 0 saturated carbocycles. The zero-order valence-electron chi connectivity index (χ0n) is 6.89. The van der Waals surface area contributed by atoms with Crippen molar-refractivity contribution < 1.29 is 9.59 Å². The third-order valence-electron chi connectivity index (χ3n) is 0.910. The molecule has 0 aromatic heterocycles. The Morgan fingerprint density at radius 3 is 1.64 bits per heavy atom. The van der Waals surface area contributed by atoms with Crippen LogP contribution in [0, 0.1) is 0 Å². The van der Waals surface area contributed by atoms with Gasteiger partial charge in [-0.1, -0.05) is 0 Å². The minimum atomic E-state index is -0.202. The fourth-order valence-corrected chi connectivity index (χ4v) is 0.555. The van der Waals surface area contributed by atoms with E-state index in [2.05, 4.69) is 10.6 Å². The first-order valence-electron chi connectivity index (χ1n) is 3.27. The summed E-state index contributed by atoms with van der Waals surface area (Å²) in [7, 11) is 0. The SMILES string of the molecule is CC=C(NC(C)=O)NC(C)=O. The Kier molecular flexibility index (Phi) is 3.95. The van der Waals surface area contributed by atoms with Gasteiger partial charge < -0.3 is 10.6 Å². The van der Waals surface area contributed by atoms with Gasteiger partial charge in [0.15, 0.2) is 0 Å². The molecule has 0 aliphatic heterocycles. The van der Waals surface area contributed by atoms with Crippen molar-refractivity contribution in [2.75, 3.05) is 0 Å². The summed E-state index contributed by atoms with van der Waals surface area (Å²) in [5.74, 6) is 0.0173. The van der Waals surface area contributed by atoms with Crippen LogP contribution >= 0.6 is 0 Å². The number of carbonyl (C=O) groups excluding carboxylic acids is 2. The van der Waals surface area contributed by atoms with Crippen molar-refractivity contribution in [3.63, 3.8) is 0 Å².